The normalized spacial score (nSPS) is 28.5. The first-order valence-electron chi connectivity index (χ1n) is 8.74. The van der Waals surface area contributed by atoms with Gasteiger partial charge in [-0.05, 0) is 32.0 Å². The van der Waals surface area contributed by atoms with Crippen molar-refractivity contribution in [1.82, 2.24) is 20.6 Å². The maximum absolute atomic E-state index is 12.4. The van der Waals surface area contributed by atoms with Gasteiger partial charge < -0.3 is 9.80 Å². The molecule has 3 aliphatic rings. The largest absolute Gasteiger partial charge is 0.341 e. The second-order valence-corrected chi connectivity index (χ2v) is 6.50. The smallest absolute Gasteiger partial charge is 0.222 e. The topological polar surface area (TPSA) is 56.8 Å². The van der Waals surface area contributed by atoms with Crippen molar-refractivity contribution < 1.29 is 9.63 Å². The Bertz CT molecular complexity index is 529. The predicted molar refractivity (Wildman–Crippen MR) is 93.5 cm³/mol. The number of nitrogens with one attached hydrogen (secondary N) is 2. The zero-order valence-corrected chi connectivity index (χ0v) is 14.3. The molecule has 0 bridgehead atoms. The maximum atomic E-state index is 12.4. The van der Waals surface area contributed by atoms with Crippen molar-refractivity contribution in [1.29, 1.82) is 0 Å². The molecule has 1 radical (unpaired) electrons. The summed E-state index contributed by atoms with van der Waals surface area (Å²) < 4.78 is 0. The van der Waals surface area contributed by atoms with E-state index in [1.807, 2.05) is 29.2 Å². The van der Waals surface area contributed by atoms with Gasteiger partial charge in [-0.25, -0.2) is 0 Å². The van der Waals surface area contributed by atoms with Crippen LogP contribution in [0.1, 0.15) is 19.3 Å². The molecule has 2 saturated heterocycles. The lowest BCUT2D eigenvalue weighted by molar-refractivity contribution is -0.132. The molecule has 24 heavy (non-hydrogen) atoms. The van der Waals surface area contributed by atoms with Crippen molar-refractivity contribution in [3.05, 3.63) is 42.4 Å². The molecule has 0 spiro atoms. The summed E-state index contributed by atoms with van der Waals surface area (Å²) >= 11 is 0. The van der Waals surface area contributed by atoms with E-state index in [1.165, 1.54) is 0 Å². The third-order valence-electron chi connectivity index (χ3n) is 4.62. The molecule has 6 heteroatoms. The minimum absolute atomic E-state index is 0.0376. The highest BCUT2D eigenvalue weighted by Crippen LogP contribution is 2.16. The van der Waals surface area contributed by atoms with E-state index in [-0.39, 0.29) is 18.3 Å². The number of hydroxylamine groups is 1. The average molecular weight is 331 g/mol. The molecule has 0 aromatic carbocycles. The van der Waals surface area contributed by atoms with Crippen LogP contribution in [-0.4, -0.2) is 61.3 Å². The minimum atomic E-state index is -0.140. The van der Waals surface area contributed by atoms with Gasteiger partial charge in [0.05, 0.1) is 0 Å². The Labute approximate surface area is 144 Å². The fourth-order valence-electron chi connectivity index (χ4n) is 3.13. The van der Waals surface area contributed by atoms with Crippen molar-refractivity contribution in [2.45, 2.75) is 31.7 Å². The summed E-state index contributed by atoms with van der Waals surface area (Å²) in [5, 5.41) is 3.39. The van der Waals surface area contributed by atoms with Gasteiger partial charge in [-0.15, -0.1) is 0 Å². The van der Waals surface area contributed by atoms with Crippen LogP contribution in [0.25, 0.3) is 0 Å². The van der Waals surface area contributed by atoms with E-state index in [0.717, 1.165) is 38.2 Å². The summed E-state index contributed by atoms with van der Waals surface area (Å²) in [7, 11) is 2.11. The Kier molecular flexibility index (Phi) is 6.20. The number of hydrogen-bond acceptors (Lipinski definition) is 5. The van der Waals surface area contributed by atoms with Crippen LogP contribution in [0.3, 0.4) is 0 Å². The van der Waals surface area contributed by atoms with E-state index in [0.29, 0.717) is 12.8 Å². The summed E-state index contributed by atoms with van der Waals surface area (Å²) in [6.45, 7) is 3.72. The van der Waals surface area contributed by atoms with Crippen molar-refractivity contribution >= 4 is 5.91 Å². The second-order valence-electron chi connectivity index (χ2n) is 6.50. The Morgan fingerprint density at radius 2 is 2.08 bits per heavy atom. The first-order valence-corrected chi connectivity index (χ1v) is 8.74. The van der Waals surface area contributed by atoms with Gasteiger partial charge >= 0.3 is 0 Å². The van der Waals surface area contributed by atoms with E-state index in [9.17, 15) is 4.79 Å². The molecule has 131 valence electrons. The van der Waals surface area contributed by atoms with Gasteiger partial charge in [-0.3, -0.25) is 14.9 Å². The highest BCUT2D eigenvalue weighted by molar-refractivity contribution is 5.76. The third-order valence-corrected chi connectivity index (χ3v) is 4.62. The Balaban J connectivity index is 1.42. The SMILES string of the molecule is CN1CCCN(C(=O)CCC2NC(C3=CC=CC=C[CH]3)NO2)CC1. The molecular formula is C18H27N4O2. The zero-order valence-electron chi connectivity index (χ0n) is 14.3. The molecule has 2 fully saturated rings. The molecule has 2 heterocycles. The number of nitrogens with zero attached hydrogens (tertiary/aromatic N) is 2. The van der Waals surface area contributed by atoms with Crippen LogP contribution < -0.4 is 10.8 Å². The number of amides is 1. The monoisotopic (exact) mass is 331 g/mol. The van der Waals surface area contributed by atoms with Gasteiger partial charge in [0.1, 0.15) is 12.4 Å². The van der Waals surface area contributed by atoms with Gasteiger partial charge in [0, 0.05) is 32.5 Å². The van der Waals surface area contributed by atoms with Crippen LogP contribution in [0, 0.1) is 6.42 Å². The summed E-state index contributed by atoms with van der Waals surface area (Å²) in [4.78, 5) is 22.3. The lowest BCUT2D eigenvalue weighted by atomic mass is 10.1. The highest BCUT2D eigenvalue weighted by atomic mass is 16.7. The fourth-order valence-corrected chi connectivity index (χ4v) is 3.13. The molecule has 1 aliphatic carbocycles. The average Bonchev–Trinajstić information content (AvgIpc) is 2.77. The van der Waals surface area contributed by atoms with Crippen molar-refractivity contribution in [3.63, 3.8) is 0 Å². The van der Waals surface area contributed by atoms with Crippen LogP contribution in [-0.2, 0) is 9.63 Å². The molecule has 0 aromatic heterocycles. The molecule has 1 amide bonds. The summed E-state index contributed by atoms with van der Waals surface area (Å²) in [5.41, 5.74) is 4.13. The first-order chi connectivity index (χ1) is 11.7. The van der Waals surface area contributed by atoms with Crippen molar-refractivity contribution in [2.75, 3.05) is 33.2 Å². The third kappa shape index (κ3) is 4.77. The van der Waals surface area contributed by atoms with Gasteiger partial charge in [-0.1, -0.05) is 30.4 Å². The molecule has 2 atom stereocenters. The summed E-state index contributed by atoms with van der Waals surface area (Å²) in [6.07, 6.45) is 14.2. The maximum Gasteiger partial charge on any atom is 0.222 e. The molecule has 6 nitrogen and oxygen atoms in total. The second kappa shape index (κ2) is 8.58. The van der Waals surface area contributed by atoms with Crippen LogP contribution in [0.15, 0.2) is 36.0 Å². The molecular weight excluding hydrogens is 304 g/mol. The van der Waals surface area contributed by atoms with E-state index < -0.39 is 0 Å². The molecule has 3 rings (SSSR count). The standard InChI is InChI=1S/C18H27N4O2/c1-21-11-6-12-22(14-13-21)17(23)10-9-16-19-18(20-24-16)15-7-4-2-3-5-8-15/h2-5,7-8,16,18-20H,6,9-14H2,1H3. The molecule has 2 N–H and O–H groups in total. The fraction of sp³-hybridized carbons (Fsp3) is 0.556. The molecule has 0 aromatic rings. The van der Waals surface area contributed by atoms with E-state index in [1.54, 1.807) is 0 Å². The Morgan fingerprint density at radius 3 is 3.00 bits per heavy atom. The Hall–Kier alpha value is -1.47. The molecule has 0 saturated carbocycles. The number of rotatable bonds is 4. The van der Waals surface area contributed by atoms with Crippen molar-refractivity contribution in [2.24, 2.45) is 0 Å². The van der Waals surface area contributed by atoms with E-state index in [4.69, 9.17) is 4.84 Å². The minimum Gasteiger partial charge on any atom is -0.341 e. The van der Waals surface area contributed by atoms with E-state index >= 15 is 0 Å². The quantitative estimate of drug-likeness (QED) is 0.804. The highest BCUT2D eigenvalue weighted by Gasteiger charge is 2.27. The van der Waals surface area contributed by atoms with Crippen LogP contribution >= 0.6 is 0 Å². The van der Waals surface area contributed by atoms with E-state index in [2.05, 4.69) is 35.2 Å². The predicted octanol–water partition coefficient (Wildman–Crippen LogP) is 0.964. The van der Waals surface area contributed by atoms with Crippen LogP contribution in [0.4, 0.5) is 0 Å². The van der Waals surface area contributed by atoms with Crippen molar-refractivity contribution in [3.8, 4) is 0 Å². The lowest BCUT2D eigenvalue weighted by Crippen LogP contribution is -2.37. The van der Waals surface area contributed by atoms with Gasteiger partial charge in [0.2, 0.25) is 5.91 Å². The Morgan fingerprint density at radius 1 is 1.21 bits per heavy atom. The number of hydrogen-bond donors (Lipinski definition) is 2. The summed E-state index contributed by atoms with van der Waals surface area (Å²) in [6, 6.07) is 0. The lowest BCUT2D eigenvalue weighted by Gasteiger charge is -2.21. The van der Waals surface area contributed by atoms with Gasteiger partial charge in [0.15, 0.2) is 0 Å². The number of likely N-dealkylation sites (N-methyl/N-ethyl adjacent to an activating group) is 1. The zero-order chi connectivity index (χ0) is 16.8. The molecule has 2 aliphatic heterocycles. The number of allylic oxidation sites excluding steroid dienone is 5. The van der Waals surface area contributed by atoms with Crippen LogP contribution in [0.2, 0.25) is 0 Å². The van der Waals surface area contributed by atoms with Gasteiger partial charge in [-0.2, -0.15) is 5.48 Å². The van der Waals surface area contributed by atoms with Crippen LogP contribution in [0.5, 0.6) is 0 Å². The molecule has 2 unspecified atom stereocenters. The summed E-state index contributed by atoms with van der Waals surface area (Å²) in [5.74, 6) is 0.227. The van der Waals surface area contributed by atoms with Gasteiger partial charge in [0.25, 0.3) is 0 Å². The first kappa shape index (κ1) is 17.4. The number of carbonyl (C=O) groups is 1. The number of carbonyl (C=O) groups excluding carboxylic acids is 1.